The number of nitrogen functional groups attached to an aromatic ring is 1. The summed E-state index contributed by atoms with van der Waals surface area (Å²) in [6.07, 6.45) is 3.41. The Morgan fingerprint density at radius 3 is 2.78 bits per heavy atom. The number of aromatic nitrogens is 1. The van der Waals surface area contributed by atoms with Gasteiger partial charge < -0.3 is 15.2 Å². The summed E-state index contributed by atoms with van der Waals surface area (Å²) < 4.78 is 10.5. The van der Waals surface area contributed by atoms with Crippen LogP contribution in [0.1, 0.15) is 0 Å². The summed E-state index contributed by atoms with van der Waals surface area (Å²) in [7, 11) is 1.65. The molecule has 0 aliphatic rings. The van der Waals surface area contributed by atoms with Gasteiger partial charge in [0, 0.05) is 25.1 Å². The summed E-state index contributed by atoms with van der Waals surface area (Å²) in [5.41, 5.74) is 8.38. The number of hydrogen-bond donors (Lipinski definition) is 1. The molecule has 4 nitrogen and oxygen atoms in total. The Morgan fingerprint density at radius 1 is 1.11 bits per heavy atom. The average molecular weight is 244 g/mol. The standard InChI is InChI=1S/C14H16N2O2/c1-17-5-6-18-14-4-2-3-11(8-14)12-7-13(15)10-16-9-12/h2-4,7-10H,5-6,15H2,1H3. The summed E-state index contributed by atoms with van der Waals surface area (Å²) in [5, 5.41) is 0. The maximum absolute atomic E-state index is 5.72. The minimum absolute atomic E-state index is 0.537. The maximum atomic E-state index is 5.72. The molecule has 1 aromatic carbocycles. The van der Waals surface area contributed by atoms with Crippen molar-refractivity contribution in [1.82, 2.24) is 4.98 Å². The van der Waals surface area contributed by atoms with Crippen LogP contribution in [0.4, 0.5) is 5.69 Å². The van der Waals surface area contributed by atoms with E-state index in [9.17, 15) is 0 Å². The van der Waals surface area contributed by atoms with Gasteiger partial charge in [-0.2, -0.15) is 0 Å². The SMILES string of the molecule is COCCOc1cccc(-c2cncc(N)c2)c1. The molecule has 0 spiro atoms. The quantitative estimate of drug-likeness (QED) is 0.820. The fourth-order valence-corrected chi connectivity index (χ4v) is 1.62. The number of hydrogen-bond acceptors (Lipinski definition) is 4. The predicted octanol–water partition coefficient (Wildman–Crippen LogP) is 2.36. The van der Waals surface area contributed by atoms with Crippen molar-refractivity contribution in [3.8, 4) is 16.9 Å². The Kier molecular flexibility index (Phi) is 4.15. The van der Waals surface area contributed by atoms with Gasteiger partial charge in [-0.05, 0) is 23.8 Å². The van der Waals surface area contributed by atoms with Crippen LogP contribution in [0, 0.1) is 0 Å². The molecular weight excluding hydrogens is 228 g/mol. The number of benzene rings is 1. The van der Waals surface area contributed by atoms with Crippen LogP contribution in [0.25, 0.3) is 11.1 Å². The molecule has 94 valence electrons. The molecule has 1 heterocycles. The second-order valence-corrected chi connectivity index (χ2v) is 3.88. The largest absolute Gasteiger partial charge is 0.491 e. The van der Waals surface area contributed by atoms with E-state index in [1.165, 1.54) is 0 Å². The lowest BCUT2D eigenvalue weighted by atomic mass is 10.1. The van der Waals surface area contributed by atoms with Crippen molar-refractivity contribution in [2.24, 2.45) is 0 Å². The van der Waals surface area contributed by atoms with Crippen LogP contribution >= 0.6 is 0 Å². The lowest BCUT2D eigenvalue weighted by Crippen LogP contribution is -2.04. The van der Waals surface area contributed by atoms with Crippen LogP contribution in [0.2, 0.25) is 0 Å². The van der Waals surface area contributed by atoms with Crippen LogP contribution in [0.3, 0.4) is 0 Å². The van der Waals surface area contributed by atoms with E-state index in [-0.39, 0.29) is 0 Å². The van der Waals surface area contributed by atoms with E-state index in [1.807, 2.05) is 30.3 Å². The molecular formula is C14H16N2O2. The van der Waals surface area contributed by atoms with E-state index in [2.05, 4.69) is 4.98 Å². The van der Waals surface area contributed by atoms with Gasteiger partial charge in [0.25, 0.3) is 0 Å². The van der Waals surface area contributed by atoms with Crippen LogP contribution in [-0.2, 0) is 4.74 Å². The third-order valence-corrected chi connectivity index (χ3v) is 2.48. The normalized spacial score (nSPS) is 10.3. The molecule has 0 aliphatic heterocycles. The van der Waals surface area contributed by atoms with E-state index < -0.39 is 0 Å². The minimum atomic E-state index is 0.537. The van der Waals surface area contributed by atoms with Crippen molar-refractivity contribution in [1.29, 1.82) is 0 Å². The molecule has 0 unspecified atom stereocenters. The number of anilines is 1. The average Bonchev–Trinajstić information content (AvgIpc) is 2.39. The van der Waals surface area contributed by atoms with Crippen LogP contribution in [0.5, 0.6) is 5.75 Å². The molecule has 0 saturated heterocycles. The van der Waals surface area contributed by atoms with Gasteiger partial charge in [0.1, 0.15) is 12.4 Å². The number of ether oxygens (including phenoxy) is 2. The smallest absolute Gasteiger partial charge is 0.120 e. The van der Waals surface area contributed by atoms with Crippen LogP contribution < -0.4 is 10.5 Å². The van der Waals surface area contributed by atoms with Crippen LogP contribution in [-0.4, -0.2) is 25.3 Å². The monoisotopic (exact) mass is 244 g/mol. The fourth-order valence-electron chi connectivity index (χ4n) is 1.62. The van der Waals surface area contributed by atoms with E-state index in [1.54, 1.807) is 19.5 Å². The third-order valence-electron chi connectivity index (χ3n) is 2.48. The first-order chi connectivity index (χ1) is 8.79. The highest BCUT2D eigenvalue weighted by Crippen LogP contribution is 2.24. The van der Waals surface area contributed by atoms with E-state index in [0.717, 1.165) is 16.9 Å². The second kappa shape index (κ2) is 6.02. The Labute approximate surface area is 106 Å². The van der Waals surface area contributed by atoms with Crippen LogP contribution in [0.15, 0.2) is 42.7 Å². The molecule has 0 atom stereocenters. The highest BCUT2D eigenvalue weighted by Gasteiger charge is 2.01. The molecule has 18 heavy (non-hydrogen) atoms. The van der Waals surface area contributed by atoms with Gasteiger partial charge in [0.05, 0.1) is 12.3 Å². The molecule has 0 bridgehead atoms. The molecule has 0 amide bonds. The molecule has 2 aromatic rings. The zero-order valence-electron chi connectivity index (χ0n) is 10.3. The van der Waals surface area contributed by atoms with Gasteiger partial charge in [-0.3, -0.25) is 4.98 Å². The molecule has 0 radical (unpaired) electrons. The number of nitrogens with two attached hydrogens (primary N) is 1. The molecule has 4 heteroatoms. The predicted molar refractivity (Wildman–Crippen MR) is 71.5 cm³/mol. The number of pyridine rings is 1. The lowest BCUT2D eigenvalue weighted by molar-refractivity contribution is 0.146. The zero-order chi connectivity index (χ0) is 12.8. The Balaban J connectivity index is 2.16. The summed E-state index contributed by atoms with van der Waals surface area (Å²) in [6.45, 7) is 1.11. The fraction of sp³-hybridized carbons (Fsp3) is 0.214. The van der Waals surface area contributed by atoms with Gasteiger partial charge in [0.15, 0.2) is 0 Å². The number of methoxy groups -OCH3 is 1. The van der Waals surface area contributed by atoms with Crippen molar-refractivity contribution in [2.75, 3.05) is 26.1 Å². The highest BCUT2D eigenvalue weighted by molar-refractivity contribution is 5.67. The van der Waals surface area contributed by atoms with Gasteiger partial charge in [0.2, 0.25) is 0 Å². The summed E-state index contributed by atoms with van der Waals surface area (Å²) >= 11 is 0. The van der Waals surface area contributed by atoms with E-state index in [0.29, 0.717) is 18.9 Å². The third kappa shape index (κ3) is 3.21. The second-order valence-electron chi connectivity index (χ2n) is 3.88. The zero-order valence-corrected chi connectivity index (χ0v) is 10.3. The van der Waals surface area contributed by atoms with Gasteiger partial charge in [-0.25, -0.2) is 0 Å². The minimum Gasteiger partial charge on any atom is -0.491 e. The first kappa shape index (κ1) is 12.4. The first-order valence-corrected chi connectivity index (χ1v) is 5.72. The number of nitrogens with zero attached hydrogens (tertiary/aromatic N) is 1. The Morgan fingerprint density at radius 2 is 2.00 bits per heavy atom. The van der Waals surface area contributed by atoms with Crippen molar-refractivity contribution >= 4 is 5.69 Å². The molecule has 0 fully saturated rings. The van der Waals surface area contributed by atoms with Crippen molar-refractivity contribution in [3.05, 3.63) is 42.7 Å². The summed E-state index contributed by atoms with van der Waals surface area (Å²) in [5.74, 6) is 0.812. The molecule has 1 aromatic heterocycles. The van der Waals surface area contributed by atoms with Gasteiger partial charge in [-0.15, -0.1) is 0 Å². The summed E-state index contributed by atoms with van der Waals surface area (Å²) in [6, 6.07) is 9.71. The topological polar surface area (TPSA) is 57.4 Å². The maximum Gasteiger partial charge on any atom is 0.120 e. The highest BCUT2D eigenvalue weighted by atomic mass is 16.5. The summed E-state index contributed by atoms with van der Waals surface area (Å²) in [4.78, 5) is 4.08. The Bertz CT molecular complexity index is 515. The van der Waals surface area contributed by atoms with Crippen molar-refractivity contribution < 1.29 is 9.47 Å². The number of rotatable bonds is 5. The molecule has 0 aliphatic carbocycles. The van der Waals surface area contributed by atoms with Gasteiger partial charge in [-0.1, -0.05) is 12.1 Å². The Hall–Kier alpha value is -2.07. The van der Waals surface area contributed by atoms with Crippen molar-refractivity contribution in [2.45, 2.75) is 0 Å². The van der Waals surface area contributed by atoms with Gasteiger partial charge >= 0.3 is 0 Å². The van der Waals surface area contributed by atoms with E-state index in [4.69, 9.17) is 15.2 Å². The molecule has 2 rings (SSSR count). The lowest BCUT2D eigenvalue weighted by Gasteiger charge is -2.08. The first-order valence-electron chi connectivity index (χ1n) is 5.72. The molecule has 0 saturated carbocycles. The van der Waals surface area contributed by atoms with E-state index >= 15 is 0 Å². The van der Waals surface area contributed by atoms with Crippen molar-refractivity contribution in [3.63, 3.8) is 0 Å². The molecule has 2 N–H and O–H groups in total.